The molecular formula is C29H28N4O. The van der Waals surface area contributed by atoms with Gasteiger partial charge in [0.05, 0.1) is 12.6 Å². The molecule has 0 unspecified atom stereocenters. The van der Waals surface area contributed by atoms with Gasteiger partial charge in [-0.15, -0.1) is 0 Å². The second-order valence-corrected chi connectivity index (χ2v) is 8.58. The molecule has 0 spiro atoms. The molecule has 0 amide bonds. The first-order valence-corrected chi connectivity index (χ1v) is 11.6. The van der Waals surface area contributed by atoms with Gasteiger partial charge in [-0.3, -0.25) is 0 Å². The minimum Gasteiger partial charge on any atom is -0.496 e. The molecule has 5 nitrogen and oxygen atoms in total. The van der Waals surface area contributed by atoms with Crippen LogP contribution in [0.2, 0.25) is 0 Å². The van der Waals surface area contributed by atoms with Gasteiger partial charge in [0.15, 0.2) is 0 Å². The zero-order chi connectivity index (χ0) is 23.7. The monoisotopic (exact) mass is 448 g/mol. The van der Waals surface area contributed by atoms with Crippen LogP contribution in [-0.4, -0.2) is 22.1 Å². The molecule has 2 aromatic heterocycles. The lowest BCUT2D eigenvalue weighted by Crippen LogP contribution is -2.03. The average molecular weight is 449 g/mol. The Hall–Kier alpha value is -3.99. The largest absolute Gasteiger partial charge is 0.496 e. The van der Waals surface area contributed by atoms with E-state index in [9.17, 15) is 0 Å². The number of fused-ring (bicyclic) bond motifs is 2. The van der Waals surface area contributed by atoms with Crippen LogP contribution < -0.4 is 10.1 Å². The summed E-state index contributed by atoms with van der Waals surface area (Å²) in [7, 11) is 1.71. The number of hydrogen-bond donors (Lipinski definition) is 1. The number of methoxy groups -OCH3 is 1. The molecule has 5 aromatic rings. The van der Waals surface area contributed by atoms with E-state index in [0.717, 1.165) is 56.8 Å². The molecule has 0 bridgehead atoms. The van der Waals surface area contributed by atoms with Crippen LogP contribution in [0.4, 0.5) is 5.82 Å². The van der Waals surface area contributed by atoms with Gasteiger partial charge in [-0.2, -0.15) is 0 Å². The van der Waals surface area contributed by atoms with Gasteiger partial charge < -0.3 is 10.1 Å². The van der Waals surface area contributed by atoms with Gasteiger partial charge in [-0.05, 0) is 71.3 Å². The Morgan fingerprint density at radius 1 is 0.882 bits per heavy atom. The van der Waals surface area contributed by atoms with Crippen molar-refractivity contribution in [3.05, 3.63) is 89.5 Å². The van der Waals surface area contributed by atoms with E-state index in [2.05, 4.69) is 88.7 Å². The van der Waals surface area contributed by atoms with Gasteiger partial charge in [-0.25, -0.2) is 15.0 Å². The highest BCUT2D eigenvalue weighted by Gasteiger charge is 2.12. The maximum atomic E-state index is 5.48. The molecule has 0 saturated carbocycles. The molecule has 0 fully saturated rings. The lowest BCUT2D eigenvalue weighted by molar-refractivity contribution is 0.411. The Kier molecular flexibility index (Phi) is 5.84. The third kappa shape index (κ3) is 4.05. The number of pyridine rings is 1. The van der Waals surface area contributed by atoms with E-state index in [-0.39, 0.29) is 0 Å². The number of hydrogen-bond acceptors (Lipinski definition) is 5. The van der Waals surface area contributed by atoms with Crippen molar-refractivity contribution in [1.29, 1.82) is 0 Å². The van der Waals surface area contributed by atoms with E-state index in [1.54, 1.807) is 7.11 Å². The lowest BCUT2D eigenvalue weighted by atomic mass is 9.93. The number of rotatable bonds is 6. The first kappa shape index (κ1) is 21.8. The van der Waals surface area contributed by atoms with E-state index in [4.69, 9.17) is 4.74 Å². The molecule has 0 aliphatic carbocycles. The maximum absolute atomic E-state index is 5.48. The highest BCUT2D eigenvalue weighted by molar-refractivity contribution is 6.04. The number of nitrogens with zero attached hydrogens (tertiary/aromatic N) is 3. The molecular weight excluding hydrogens is 420 g/mol. The van der Waals surface area contributed by atoms with E-state index < -0.39 is 0 Å². The Labute approximate surface area is 199 Å². The van der Waals surface area contributed by atoms with Crippen LogP contribution in [0.5, 0.6) is 5.75 Å². The van der Waals surface area contributed by atoms with Gasteiger partial charge in [-0.1, -0.05) is 37.3 Å². The molecule has 0 aliphatic heterocycles. The first-order chi connectivity index (χ1) is 16.6. The van der Waals surface area contributed by atoms with E-state index in [1.165, 1.54) is 16.5 Å². The Morgan fingerprint density at radius 2 is 1.74 bits per heavy atom. The topological polar surface area (TPSA) is 59.9 Å². The summed E-state index contributed by atoms with van der Waals surface area (Å²) in [6.45, 7) is 6.94. The molecule has 5 heteroatoms. The van der Waals surface area contributed by atoms with Crippen molar-refractivity contribution in [3.8, 4) is 16.9 Å². The Morgan fingerprint density at radius 3 is 2.56 bits per heavy atom. The predicted molar refractivity (Wildman–Crippen MR) is 139 cm³/mol. The highest BCUT2D eigenvalue weighted by atomic mass is 16.5. The van der Waals surface area contributed by atoms with Crippen molar-refractivity contribution in [2.24, 2.45) is 0 Å². The summed E-state index contributed by atoms with van der Waals surface area (Å²) < 4.78 is 5.48. The molecule has 170 valence electrons. The van der Waals surface area contributed by atoms with Crippen LogP contribution >= 0.6 is 0 Å². The van der Waals surface area contributed by atoms with Crippen LogP contribution in [-0.2, 0) is 13.0 Å². The van der Waals surface area contributed by atoms with Crippen molar-refractivity contribution in [2.45, 2.75) is 33.7 Å². The van der Waals surface area contributed by atoms with Crippen LogP contribution in [0.1, 0.15) is 29.4 Å². The zero-order valence-electron chi connectivity index (χ0n) is 20.0. The van der Waals surface area contributed by atoms with Gasteiger partial charge in [0.25, 0.3) is 0 Å². The van der Waals surface area contributed by atoms with Gasteiger partial charge in [0.2, 0.25) is 0 Å². The minimum atomic E-state index is 0.666. The van der Waals surface area contributed by atoms with Gasteiger partial charge in [0, 0.05) is 36.1 Å². The second kappa shape index (κ2) is 9.10. The smallest absolute Gasteiger partial charge is 0.134 e. The third-order valence-corrected chi connectivity index (χ3v) is 6.32. The zero-order valence-corrected chi connectivity index (χ0v) is 20.0. The SMILES string of the molecule is CCc1ncc2cc(-c3c(C)ccc4c(NCc5ccc(C)c(OC)c5)nccc34)ccc2n1. The molecule has 5 rings (SSSR count). The number of nitrogens with one attached hydrogen (secondary N) is 1. The normalized spacial score (nSPS) is 11.2. The molecule has 0 atom stereocenters. The van der Waals surface area contributed by atoms with Gasteiger partial charge >= 0.3 is 0 Å². The number of benzene rings is 3. The quantitative estimate of drug-likeness (QED) is 0.315. The summed E-state index contributed by atoms with van der Waals surface area (Å²) in [4.78, 5) is 13.8. The van der Waals surface area contributed by atoms with Crippen molar-refractivity contribution in [3.63, 3.8) is 0 Å². The van der Waals surface area contributed by atoms with Crippen LogP contribution in [0.3, 0.4) is 0 Å². The summed E-state index contributed by atoms with van der Waals surface area (Å²) in [5.74, 6) is 2.64. The average Bonchev–Trinajstić information content (AvgIpc) is 2.87. The summed E-state index contributed by atoms with van der Waals surface area (Å²) in [6.07, 6.45) is 4.63. The van der Waals surface area contributed by atoms with E-state index >= 15 is 0 Å². The van der Waals surface area contributed by atoms with Crippen molar-refractivity contribution in [2.75, 3.05) is 12.4 Å². The first-order valence-electron chi connectivity index (χ1n) is 11.6. The standard InChI is InChI=1S/C29H28N4O/c1-5-27-31-17-22-15-21(9-11-25(22)33-27)28-19(3)7-10-24-23(28)12-13-30-29(24)32-16-20-8-6-18(2)26(14-20)34-4/h6-15,17H,5,16H2,1-4H3,(H,30,32). The highest BCUT2D eigenvalue weighted by Crippen LogP contribution is 2.35. The minimum absolute atomic E-state index is 0.666. The summed E-state index contributed by atoms with van der Waals surface area (Å²) in [5, 5.41) is 6.84. The Bertz CT molecular complexity index is 1510. The fourth-order valence-corrected chi connectivity index (χ4v) is 4.45. The maximum Gasteiger partial charge on any atom is 0.134 e. The van der Waals surface area contributed by atoms with Crippen molar-refractivity contribution in [1.82, 2.24) is 15.0 Å². The predicted octanol–water partition coefficient (Wildman–Crippen LogP) is 6.64. The summed E-state index contributed by atoms with van der Waals surface area (Å²) in [6, 6.07) is 19.1. The molecule has 3 aromatic carbocycles. The van der Waals surface area contributed by atoms with Crippen LogP contribution in [0.15, 0.2) is 67.0 Å². The fraction of sp³-hybridized carbons (Fsp3) is 0.207. The molecule has 2 heterocycles. The van der Waals surface area contributed by atoms with Crippen LogP contribution in [0.25, 0.3) is 32.8 Å². The van der Waals surface area contributed by atoms with E-state index in [1.807, 2.05) is 19.3 Å². The molecule has 0 aliphatic rings. The van der Waals surface area contributed by atoms with Gasteiger partial charge in [0.1, 0.15) is 17.4 Å². The van der Waals surface area contributed by atoms with Crippen molar-refractivity contribution < 1.29 is 4.74 Å². The summed E-state index contributed by atoms with van der Waals surface area (Å²) >= 11 is 0. The van der Waals surface area contributed by atoms with Crippen molar-refractivity contribution >= 4 is 27.5 Å². The molecule has 1 N–H and O–H groups in total. The number of anilines is 1. The second-order valence-electron chi connectivity index (χ2n) is 8.58. The summed E-state index contributed by atoms with van der Waals surface area (Å²) in [5.41, 5.74) is 6.84. The number of ether oxygens (including phenoxy) is 1. The lowest BCUT2D eigenvalue weighted by Gasteiger charge is -2.15. The van der Waals surface area contributed by atoms with E-state index in [0.29, 0.717) is 6.54 Å². The Balaban J connectivity index is 1.54. The number of aryl methyl sites for hydroxylation is 3. The molecule has 34 heavy (non-hydrogen) atoms. The van der Waals surface area contributed by atoms with Crippen LogP contribution in [0, 0.1) is 13.8 Å². The molecule has 0 saturated heterocycles. The molecule has 0 radical (unpaired) electrons. The fourth-order valence-electron chi connectivity index (χ4n) is 4.45. The number of aromatic nitrogens is 3. The third-order valence-electron chi connectivity index (χ3n) is 6.32.